The summed E-state index contributed by atoms with van der Waals surface area (Å²) < 4.78 is 31.7. The fraction of sp³-hybridized carbons (Fsp3) is 0.250. The summed E-state index contributed by atoms with van der Waals surface area (Å²) in [6.07, 6.45) is 0.444. The van der Waals surface area contributed by atoms with E-state index in [-0.39, 0.29) is 0 Å². The fourth-order valence-corrected chi connectivity index (χ4v) is 1.93. The zero-order valence-electron chi connectivity index (χ0n) is 10.8. The summed E-state index contributed by atoms with van der Waals surface area (Å²) in [4.78, 5) is 0. The molecule has 106 valence electrons. The summed E-state index contributed by atoms with van der Waals surface area (Å²) in [6, 6.07) is 7.11. The molecule has 1 aromatic carbocycles. The van der Waals surface area contributed by atoms with Crippen molar-refractivity contribution in [1.29, 1.82) is 0 Å². The van der Waals surface area contributed by atoms with Crippen molar-refractivity contribution in [2.75, 3.05) is 13.4 Å². The topological polar surface area (TPSA) is 52.3 Å². The van der Waals surface area contributed by atoms with Gasteiger partial charge in [0.05, 0.1) is 13.3 Å². The Hall–Kier alpha value is -1.96. The number of nitrogens with zero attached hydrogens (tertiary/aromatic N) is 4. The molecule has 2 aromatic rings. The van der Waals surface area contributed by atoms with Crippen LogP contribution in [0.4, 0.5) is 8.78 Å². The Morgan fingerprint density at radius 2 is 2.20 bits per heavy atom. The quantitative estimate of drug-likeness (QED) is 0.629. The molecule has 0 spiro atoms. The summed E-state index contributed by atoms with van der Waals surface area (Å²) in [7, 11) is 1.55. The van der Waals surface area contributed by atoms with Gasteiger partial charge < -0.3 is 4.74 Å². The summed E-state index contributed by atoms with van der Waals surface area (Å²) in [6.45, 7) is 0. The van der Waals surface area contributed by atoms with Crippen LogP contribution in [0.25, 0.3) is 0 Å². The predicted molar refractivity (Wildman–Crippen MR) is 72.7 cm³/mol. The largest absolute Gasteiger partial charge is 0.497 e. The summed E-state index contributed by atoms with van der Waals surface area (Å²) in [5, 5.41) is 11.4. The molecule has 0 saturated carbocycles. The van der Waals surface area contributed by atoms with Crippen molar-refractivity contribution in [2.24, 2.45) is 5.10 Å². The van der Waals surface area contributed by atoms with Crippen molar-refractivity contribution in [2.45, 2.75) is 11.6 Å². The van der Waals surface area contributed by atoms with Gasteiger partial charge in [-0.15, -0.1) is 10.2 Å². The molecule has 0 N–H and O–H groups in total. The van der Waals surface area contributed by atoms with E-state index in [1.807, 2.05) is 0 Å². The standard InChI is InChI=1S/C12H12F2N4OS/c1-19-9-5-3-4-8(6-9)7-15-18-11(10(13)14)16-17-12(18)20-2/h3-7,10H,1-2H3/b15-7-. The van der Waals surface area contributed by atoms with Crippen LogP contribution in [-0.4, -0.2) is 34.5 Å². The molecule has 1 aromatic heterocycles. The van der Waals surface area contributed by atoms with Crippen LogP contribution in [-0.2, 0) is 0 Å². The maximum atomic E-state index is 12.8. The van der Waals surface area contributed by atoms with Gasteiger partial charge in [-0.2, -0.15) is 9.78 Å². The highest BCUT2D eigenvalue weighted by Crippen LogP contribution is 2.21. The summed E-state index contributed by atoms with van der Waals surface area (Å²) >= 11 is 1.19. The number of hydrogen-bond donors (Lipinski definition) is 0. The summed E-state index contributed by atoms with van der Waals surface area (Å²) in [5.74, 6) is 0.186. The van der Waals surface area contributed by atoms with E-state index in [2.05, 4.69) is 15.3 Å². The number of hydrogen-bond acceptors (Lipinski definition) is 5. The van der Waals surface area contributed by atoms with Crippen molar-refractivity contribution < 1.29 is 13.5 Å². The van der Waals surface area contributed by atoms with E-state index in [1.54, 1.807) is 37.6 Å². The first-order valence-corrected chi connectivity index (χ1v) is 6.84. The van der Waals surface area contributed by atoms with Gasteiger partial charge in [-0.3, -0.25) is 0 Å². The van der Waals surface area contributed by atoms with Crippen molar-refractivity contribution in [3.8, 4) is 5.75 Å². The van der Waals surface area contributed by atoms with Gasteiger partial charge in [-0.25, -0.2) is 8.78 Å². The lowest BCUT2D eigenvalue weighted by molar-refractivity contribution is 0.135. The SMILES string of the molecule is COc1cccc(/C=N\n2c(SC)nnc2C(F)F)c1. The van der Waals surface area contributed by atoms with Crippen LogP contribution in [0.1, 0.15) is 17.8 Å². The third-order valence-electron chi connectivity index (χ3n) is 2.43. The maximum Gasteiger partial charge on any atom is 0.299 e. The van der Waals surface area contributed by atoms with Gasteiger partial charge in [0, 0.05) is 0 Å². The monoisotopic (exact) mass is 298 g/mol. The van der Waals surface area contributed by atoms with Crippen molar-refractivity contribution in [1.82, 2.24) is 14.9 Å². The van der Waals surface area contributed by atoms with Crippen LogP contribution in [0.3, 0.4) is 0 Å². The van der Waals surface area contributed by atoms with E-state index in [0.29, 0.717) is 10.9 Å². The average molecular weight is 298 g/mol. The Labute approximate surface area is 118 Å². The first-order chi connectivity index (χ1) is 9.65. The Bertz CT molecular complexity index is 615. The molecule has 0 aliphatic rings. The van der Waals surface area contributed by atoms with Gasteiger partial charge in [0.15, 0.2) is 0 Å². The number of thioether (sulfide) groups is 1. The van der Waals surface area contributed by atoms with Crippen molar-refractivity contribution >= 4 is 18.0 Å². The van der Waals surface area contributed by atoms with E-state index in [0.717, 1.165) is 10.2 Å². The summed E-state index contributed by atoms with van der Waals surface area (Å²) in [5.41, 5.74) is 0.727. The van der Waals surface area contributed by atoms with Gasteiger partial charge in [-0.05, 0) is 24.0 Å². The van der Waals surface area contributed by atoms with Crippen LogP contribution < -0.4 is 4.74 Å². The minimum Gasteiger partial charge on any atom is -0.497 e. The third-order valence-corrected chi connectivity index (χ3v) is 3.05. The van der Waals surface area contributed by atoms with Crippen LogP contribution >= 0.6 is 11.8 Å². The Balaban J connectivity index is 2.32. The van der Waals surface area contributed by atoms with Gasteiger partial charge in [0.2, 0.25) is 11.0 Å². The molecule has 5 nitrogen and oxygen atoms in total. The predicted octanol–water partition coefficient (Wildman–Crippen LogP) is 2.83. The van der Waals surface area contributed by atoms with Gasteiger partial charge in [0.25, 0.3) is 6.43 Å². The Kier molecular flexibility index (Phi) is 4.67. The number of halogens is 2. The van der Waals surface area contributed by atoms with E-state index in [1.165, 1.54) is 18.0 Å². The molecule has 0 aliphatic heterocycles. The van der Waals surface area contributed by atoms with Gasteiger partial charge in [0.1, 0.15) is 5.75 Å². The molecule has 0 bridgehead atoms. The Morgan fingerprint density at radius 1 is 1.40 bits per heavy atom. The minimum absolute atomic E-state index is 0.305. The van der Waals surface area contributed by atoms with Crippen molar-refractivity contribution in [3.63, 3.8) is 0 Å². The second kappa shape index (κ2) is 6.47. The molecule has 2 rings (SSSR count). The highest BCUT2D eigenvalue weighted by Gasteiger charge is 2.19. The second-order valence-corrected chi connectivity index (χ2v) is 4.45. The van der Waals surface area contributed by atoms with E-state index >= 15 is 0 Å². The molecule has 0 atom stereocenters. The number of benzene rings is 1. The third kappa shape index (κ3) is 3.13. The van der Waals surface area contributed by atoms with Crippen molar-refractivity contribution in [3.05, 3.63) is 35.7 Å². The van der Waals surface area contributed by atoms with Gasteiger partial charge >= 0.3 is 0 Å². The second-order valence-electron chi connectivity index (χ2n) is 3.68. The molecule has 0 fully saturated rings. The number of ether oxygens (including phenoxy) is 1. The lowest BCUT2D eigenvalue weighted by Crippen LogP contribution is -2.00. The number of rotatable bonds is 5. The molecular weight excluding hydrogens is 286 g/mol. The maximum absolute atomic E-state index is 12.8. The normalized spacial score (nSPS) is 11.4. The highest BCUT2D eigenvalue weighted by atomic mass is 32.2. The first kappa shape index (κ1) is 14.4. The minimum atomic E-state index is -2.73. The van der Waals surface area contributed by atoms with Crippen LogP contribution in [0.15, 0.2) is 34.5 Å². The molecule has 0 amide bonds. The molecule has 0 aliphatic carbocycles. The lowest BCUT2D eigenvalue weighted by atomic mass is 10.2. The smallest absolute Gasteiger partial charge is 0.299 e. The molecular formula is C12H12F2N4OS. The number of aromatic nitrogens is 3. The molecule has 0 radical (unpaired) electrons. The van der Waals surface area contributed by atoms with Crippen LogP contribution in [0.2, 0.25) is 0 Å². The lowest BCUT2D eigenvalue weighted by Gasteiger charge is -2.02. The Morgan fingerprint density at radius 3 is 2.85 bits per heavy atom. The zero-order chi connectivity index (χ0) is 14.5. The fourth-order valence-electron chi connectivity index (χ4n) is 1.49. The van der Waals surface area contributed by atoms with E-state index in [4.69, 9.17) is 4.74 Å². The average Bonchev–Trinajstić information content (AvgIpc) is 2.88. The van der Waals surface area contributed by atoms with Crippen LogP contribution in [0, 0.1) is 0 Å². The molecule has 8 heteroatoms. The van der Waals surface area contributed by atoms with E-state index < -0.39 is 12.2 Å². The molecule has 20 heavy (non-hydrogen) atoms. The molecule has 1 heterocycles. The van der Waals surface area contributed by atoms with E-state index in [9.17, 15) is 8.78 Å². The van der Waals surface area contributed by atoms with Gasteiger partial charge in [-0.1, -0.05) is 23.9 Å². The number of methoxy groups -OCH3 is 1. The van der Waals surface area contributed by atoms with Crippen LogP contribution in [0.5, 0.6) is 5.75 Å². The molecule has 0 unspecified atom stereocenters. The highest BCUT2D eigenvalue weighted by molar-refractivity contribution is 7.98. The number of alkyl halides is 2. The first-order valence-electron chi connectivity index (χ1n) is 5.61. The zero-order valence-corrected chi connectivity index (χ0v) is 11.6. The molecule has 0 saturated heterocycles.